The molecule has 4 atom stereocenters. The van der Waals surface area contributed by atoms with Crippen LogP contribution in [0.1, 0.15) is 39.0 Å². The number of carbonyl (C=O) groups excluding carboxylic acids is 1. The van der Waals surface area contributed by atoms with E-state index in [-0.39, 0.29) is 11.9 Å². The number of amides is 2. The van der Waals surface area contributed by atoms with Gasteiger partial charge in [-0.15, -0.1) is 0 Å². The summed E-state index contributed by atoms with van der Waals surface area (Å²) in [6, 6.07) is -0.895. The zero-order chi connectivity index (χ0) is 15.2. The molecule has 6 nitrogen and oxygen atoms in total. The van der Waals surface area contributed by atoms with Gasteiger partial charge in [-0.1, -0.05) is 6.42 Å². The van der Waals surface area contributed by atoms with Crippen molar-refractivity contribution in [2.75, 3.05) is 19.6 Å². The molecule has 21 heavy (non-hydrogen) atoms. The highest BCUT2D eigenvalue weighted by atomic mass is 16.4. The molecule has 0 aromatic carbocycles. The molecule has 0 aromatic rings. The molecule has 6 heteroatoms. The van der Waals surface area contributed by atoms with Gasteiger partial charge in [0.2, 0.25) is 0 Å². The van der Waals surface area contributed by atoms with Crippen LogP contribution < -0.4 is 0 Å². The van der Waals surface area contributed by atoms with E-state index < -0.39 is 17.6 Å². The summed E-state index contributed by atoms with van der Waals surface area (Å²) in [5.74, 6) is -0.446. The van der Waals surface area contributed by atoms with Crippen LogP contribution in [0.2, 0.25) is 0 Å². The molecule has 118 valence electrons. The minimum atomic E-state index is -0.887. The number of nitrogens with zero attached hydrogens (tertiary/aromatic N) is 2. The third kappa shape index (κ3) is 2.61. The fourth-order valence-electron chi connectivity index (χ4n) is 4.38. The first-order chi connectivity index (χ1) is 9.89. The minimum absolute atomic E-state index is 0.108. The van der Waals surface area contributed by atoms with Crippen molar-refractivity contribution in [3.05, 3.63) is 0 Å². The molecule has 3 rings (SSSR count). The zero-order valence-electron chi connectivity index (χ0n) is 12.5. The van der Waals surface area contributed by atoms with E-state index in [4.69, 9.17) is 0 Å². The molecule has 0 bridgehead atoms. The molecule has 2 aliphatic heterocycles. The molecule has 0 aromatic heterocycles. The number of carboxylic acid groups (broad SMARTS) is 1. The molecular weight excluding hydrogens is 272 g/mol. The Kier molecular flexibility index (Phi) is 3.59. The Bertz CT molecular complexity index is 451. The standard InChI is InChI=1S/C15H24N2O4/c1-15(21)6-3-7-16(9-15)14(20)17-8-10-4-2-5-11(10)12(17)13(18)19/h10-12,21H,2-9H2,1H3,(H,18,19). The number of aliphatic carboxylic acids is 1. The van der Waals surface area contributed by atoms with E-state index >= 15 is 0 Å². The van der Waals surface area contributed by atoms with Gasteiger partial charge in [-0.3, -0.25) is 0 Å². The Labute approximate surface area is 124 Å². The topological polar surface area (TPSA) is 81.1 Å². The monoisotopic (exact) mass is 296 g/mol. The lowest BCUT2D eigenvalue weighted by molar-refractivity contribution is -0.142. The van der Waals surface area contributed by atoms with E-state index in [1.165, 1.54) is 4.90 Å². The van der Waals surface area contributed by atoms with Gasteiger partial charge in [-0.2, -0.15) is 0 Å². The fourth-order valence-corrected chi connectivity index (χ4v) is 4.38. The zero-order valence-corrected chi connectivity index (χ0v) is 12.5. The summed E-state index contributed by atoms with van der Waals surface area (Å²) in [6.07, 6.45) is 4.44. The Morgan fingerprint density at radius 2 is 2.00 bits per heavy atom. The van der Waals surface area contributed by atoms with Gasteiger partial charge in [-0.25, -0.2) is 9.59 Å². The predicted molar refractivity (Wildman–Crippen MR) is 75.8 cm³/mol. The number of β-amino-alcohol motifs (C(OH)–C–C–N with tert-alkyl or cyclic N) is 1. The summed E-state index contributed by atoms with van der Waals surface area (Å²) in [4.78, 5) is 27.5. The number of carboxylic acids is 1. The summed E-state index contributed by atoms with van der Waals surface area (Å²) in [7, 11) is 0. The molecule has 2 saturated heterocycles. The maximum absolute atomic E-state index is 12.7. The molecule has 1 saturated carbocycles. The second-order valence-electron chi connectivity index (χ2n) is 7.09. The Morgan fingerprint density at radius 3 is 2.67 bits per heavy atom. The van der Waals surface area contributed by atoms with Gasteiger partial charge in [0.25, 0.3) is 0 Å². The summed E-state index contributed by atoms with van der Waals surface area (Å²) in [6.45, 7) is 3.19. The average molecular weight is 296 g/mol. The third-order valence-corrected chi connectivity index (χ3v) is 5.33. The average Bonchev–Trinajstić information content (AvgIpc) is 2.95. The number of hydrogen-bond donors (Lipinski definition) is 2. The number of fused-ring (bicyclic) bond motifs is 1. The van der Waals surface area contributed by atoms with Crippen LogP contribution in [0.4, 0.5) is 4.79 Å². The maximum Gasteiger partial charge on any atom is 0.326 e. The van der Waals surface area contributed by atoms with E-state index in [0.717, 1.165) is 25.7 Å². The van der Waals surface area contributed by atoms with Crippen LogP contribution in [0, 0.1) is 11.8 Å². The largest absolute Gasteiger partial charge is 0.480 e. The van der Waals surface area contributed by atoms with Crippen molar-refractivity contribution < 1.29 is 19.8 Å². The van der Waals surface area contributed by atoms with Crippen LogP contribution in [0.5, 0.6) is 0 Å². The van der Waals surface area contributed by atoms with Gasteiger partial charge in [0.05, 0.1) is 12.1 Å². The number of piperidine rings is 1. The normalized spacial score (nSPS) is 39.4. The molecule has 2 heterocycles. The van der Waals surface area contributed by atoms with Gasteiger partial charge < -0.3 is 20.0 Å². The SMILES string of the molecule is CC1(O)CCCN(C(=O)N2CC3CCCC3C2C(=O)O)C1. The van der Waals surface area contributed by atoms with Crippen molar-refractivity contribution in [1.29, 1.82) is 0 Å². The number of rotatable bonds is 1. The summed E-state index contributed by atoms with van der Waals surface area (Å²) < 4.78 is 0. The van der Waals surface area contributed by atoms with E-state index in [9.17, 15) is 19.8 Å². The molecule has 2 amide bonds. The van der Waals surface area contributed by atoms with Gasteiger partial charge in [0.1, 0.15) is 6.04 Å². The van der Waals surface area contributed by atoms with E-state index in [2.05, 4.69) is 0 Å². The van der Waals surface area contributed by atoms with Crippen LogP contribution in [0.25, 0.3) is 0 Å². The Hall–Kier alpha value is -1.30. The van der Waals surface area contributed by atoms with E-state index in [1.807, 2.05) is 0 Å². The van der Waals surface area contributed by atoms with Crippen molar-refractivity contribution in [2.45, 2.75) is 50.7 Å². The quantitative estimate of drug-likeness (QED) is 0.760. The minimum Gasteiger partial charge on any atom is -0.480 e. The van der Waals surface area contributed by atoms with Crippen LogP contribution >= 0.6 is 0 Å². The molecule has 0 spiro atoms. The highest BCUT2D eigenvalue weighted by Crippen LogP contribution is 2.42. The third-order valence-electron chi connectivity index (χ3n) is 5.33. The van der Waals surface area contributed by atoms with E-state index in [1.54, 1.807) is 11.8 Å². The Morgan fingerprint density at radius 1 is 1.24 bits per heavy atom. The van der Waals surface area contributed by atoms with E-state index in [0.29, 0.717) is 32.0 Å². The Balaban J connectivity index is 1.76. The molecule has 0 radical (unpaired) electrons. The summed E-state index contributed by atoms with van der Waals surface area (Å²) in [5, 5.41) is 19.7. The molecule has 4 unspecified atom stereocenters. The van der Waals surface area contributed by atoms with Crippen LogP contribution in [0.3, 0.4) is 0 Å². The molecule has 3 fully saturated rings. The van der Waals surface area contributed by atoms with Gasteiger partial charge >= 0.3 is 12.0 Å². The number of carbonyl (C=O) groups is 2. The summed E-state index contributed by atoms with van der Waals surface area (Å²) in [5.41, 5.74) is -0.859. The predicted octanol–water partition coefficient (Wildman–Crippen LogP) is 1.14. The van der Waals surface area contributed by atoms with Crippen LogP contribution in [0.15, 0.2) is 0 Å². The molecule has 2 N–H and O–H groups in total. The summed E-state index contributed by atoms with van der Waals surface area (Å²) >= 11 is 0. The maximum atomic E-state index is 12.7. The van der Waals surface area contributed by atoms with Crippen molar-refractivity contribution in [2.24, 2.45) is 11.8 Å². The highest BCUT2D eigenvalue weighted by Gasteiger charge is 2.50. The van der Waals surface area contributed by atoms with Crippen LogP contribution in [-0.4, -0.2) is 63.3 Å². The van der Waals surface area contributed by atoms with Crippen molar-refractivity contribution in [3.63, 3.8) is 0 Å². The highest BCUT2D eigenvalue weighted by molar-refractivity contribution is 5.84. The molecule has 3 aliphatic rings. The number of aliphatic hydroxyl groups is 1. The lowest BCUT2D eigenvalue weighted by Crippen LogP contribution is -2.55. The first kappa shape index (κ1) is 14.6. The fraction of sp³-hybridized carbons (Fsp3) is 0.867. The van der Waals surface area contributed by atoms with Crippen molar-refractivity contribution in [3.8, 4) is 0 Å². The van der Waals surface area contributed by atoms with Gasteiger partial charge in [-0.05, 0) is 44.4 Å². The number of urea groups is 1. The lowest BCUT2D eigenvalue weighted by Gasteiger charge is -2.39. The molecular formula is C15H24N2O4. The first-order valence-corrected chi connectivity index (χ1v) is 7.90. The first-order valence-electron chi connectivity index (χ1n) is 7.90. The second kappa shape index (κ2) is 5.16. The van der Waals surface area contributed by atoms with Crippen LogP contribution in [-0.2, 0) is 4.79 Å². The van der Waals surface area contributed by atoms with Crippen molar-refractivity contribution >= 4 is 12.0 Å². The molecule has 1 aliphatic carbocycles. The van der Waals surface area contributed by atoms with Gasteiger partial charge in [0, 0.05) is 13.1 Å². The number of likely N-dealkylation sites (tertiary alicyclic amines) is 2. The smallest absolute Gasteiger partial charge is 0.326 e. The number of hydrogen-bond acceptors (Lipinski definition) is 3. The second-order valence-corrected chi connectivity index (χ2v) is 7.09. The van der Waals surface area contributed by atoms with Crippen molar-refractivity contribution in [1.82, 2.24) is 9.80 Å². The van der Waals surface area contributed by atoms with Gasteiger partial charge in [0.15, 0.2) is 0 Å². The lowest BCUT2D eigenvalue weighted by atomic mass is 9.94.